The van der Waals surface area contributed by atoms with Gasteiger partial charge < -0.3 is 15.5 Å². The van der Waals surface area contributed by atoms with Gasteiger partial charge in [0, 0.05) is 11.3 Å². The Bertz CT molecular complexity index is 338. The van der Waals surface area contributed by atoms with Crippen LogP contribution in [0.3, 0.4) is 0 Å². The molecule has 1 atom stereocenters. The van der Waals surface area contributed by atoms with Crippen molar-refractivity contribution in [3.8, 4) is 0 Å². The molecule has 0 aliphatic carbocycles. The Hall–Kier alpha value is -1.55. The first kappa shape index (κ1) is 11.5. The lowest BCUT2D eigenvalue weighted by molar-refractivity contribution is -0.137. The molecule has 1 aromatic rings. The van der Waals surface area contributed by atoms with Crippen molar-refractivity contribution in [3.05, 3.63) is 29.8 Å². The Kier molecular flexibility index (Phi) is 4.12. The number of rotatable bonds is 5. The summed E-state index contributed by atoms with van der Waals surface area (Å²) in [6.45, 7) is 1.70. The summed E-state index contributed by atoms with van der Waals surface area (Å²) in [5, 5.41) is 20.8. The van der Waals surface area contributed by atoms with Gasteiger partial charge in [0.15, 0.2) is 0 Å². The van der Waals surface area contributed by atoms with E-state index in [4.69, 9.17) is 10.2 Å². The van der Waals surface area contributed by atoms with Crippen LogP contribution in [0.2, 0.25) is 0 Å². The van der Waals surface area contributed by atoms with Crippen LogP contribution in [0.5, 0.6) is 0 Å². The van der Waals surface area contributed by atoms with E-state index >= 15 is 0 Å². The van der Waals surface area contributed by atoms with E-state index in [9.17, 15) is 4.79 Å². The maximum atomic E-state index is 10.8. The number of aliphatic carboxylic acids is 1. The molecule has 0 radical (unpaired) electrons. The van der Waals surface area contributed by atoms with Crippen LogP contribution in [0.4, 0.5) is 5.69 Å². The van der Waals surface area contributed by atoms with Gasteiger partial charge in [-0.1, -0.05) is 25.1 Å². The summed E-state index contributed by atoms with van der Waals surface area (Å²) in [7, 11) is 0. The maximum absolute atomic E-state index is 10.8. The van der Waals surface area contributed by atoms with E-state index in [2.05, 4.69) is 5.32 Å². The zero-order chi connectivity index (χ0) is 11.3. The fourth-order valence-corrected chi connectivity index (χ4v) is 1.33. The van der Waals surface area contributed by atoms with Crippen molar-refractivity contribution in [1.29, 1.82) is 0 Å². The Balaban J connectivity index is 2.82. The van der Waals surface area contributed by atoms with Gasteiger partial charge in [0.1, 0.15) is 6.04 Å². The molecule has 3 N–H and O–H groups in total. The second kappa shape index (κ2) is 5.36. The lowest BCUT2D eigenvalue weighted by Crippen LogP contribution is -2.28. The smallest absolute Gasteiger partial charge is 0.326 e. The van der Waals surface area contributed by atoms with Crippen LogP contribution in [0.1, 0.15) is 18.9 Å². The molecule has 0 amide bonds. The van der Waals surface area contributed by atoms with Crippen LogP contribution in [0, 0.1) is 0 Å². The standard InChI is InChI=1S/C11H15NO3/c1-2-9(11(14)15)12-10-6-4-3-5-8(10)7-13/h3-6,9,12-13H,2,7H2,1H3,(H,14,15). The van der Waals surface area contributed by atoms with Gasteiger partial charge in [-0.3, -0.25) is 0 Å². The number of carboxylic acids is 1. The number of aliphatic hydroxyl groups is 1. The normalized spacial score (nSPS) is 12.1. The van der Waals surface area contributed by atoms with Gasteiger partial charge in [-0.05, 0) is 12.5 Å². The summed E-state index contributed by atoms with van der Waals surface area (Å²) in [4.78, 5) is 10.8. The Morgan fingerprint density at radius 2 is 2.13 bits per heavy atom. The highest BCUT2D eigenvalue weighted by atomic mass is 16.4. The maximum Gasteiger partial charge on any atom is 0.326 e. The average Bonchev–Trinajstić information content (AvgIpc) is 2.25. The van der Waals surface area contributed by atoms with Crippen LogP contribution in [-0.4, -0.2) is 22.2 Å². The zero-order valence-electron chi connectivity index (χ0n) is 8.60. The van der Waals surface area contributed by atoms with Crippen molar-refractivity contribution in [2.75, 3.05) is 5.32 Å². The largest absolute Gasteiger partial charge is 0.480 e. The van der Waals surface area contributed by atoms with Crippen molar-refractivity contribution in [2.45, 2.75) is 26.0 Å². The first-order chi connectivity index (χ1) is 7.19. The van der Waals surface area contributed by atoms with E-state index in [0.29, 0.717) is 17.7 Å². The molecule has 0 aromatic heterocycles. The highest BCUT2D eigenvalue weighted by Gasteiger charge is 2.15. The number of hydrogen-bond acceptors (Lipinski definition) is 3. The molecule has 4 nitrogen and oxygen atoms in total. The molecule has 0 aliphatic heterocycles. The summed E-state index contributed by atoms with van der Waals surface area (Å²) in [5.74, 6) is -0.884. The molecule has 1 rings (SSSR count). The van der Waals surface area contributed by atoms with E-state index in [-0.39, 0.29) is 6.61 Å². The lowest BCUT2D eigenvalue weighted by Gasteiger charge is -2.15. The van der Waals surface area contributed by atoms with E-state index in [1.165, 1.54) is 0 Å². The number of carboxylic acid groups (broad SMARTS) is 1. The SMILES string of the molecule is CCC(Nc1ccccc1CO)C(=O)O. The Labute approximate surface area is 88.6 Å². The van der Waals surface area contributed by atoms with Crippen LogP contribution < -0.4 is 5.32 Å². The number of anilines is 1. The fourth-order valence-electron chi connectivity index (χ4n) is 1.33. The molecule has 0 fully saturated rings. The van der Waals surface area contributed by atoms with E-state index in [1.54, 1.807) is 31.2 Å². The molecule has 0 saturated carbocycles. The number of aliphatic hydroxyl groups excluding tert-OH is 1. The monoisotopic (exact) mass is 209 g/mol. The summed E-state index contributed by atoms with van der Waals surface area (Å²) in [6, 6.07) is 6.51. The first-order valence-corrected chi connectivity index (χ1v) is 4.87. The molecule has 0 aliphatic rings. The van der Waals surface area contributed by atoms with E-state index in [1.807, 2.05) is 0 Å². The number of para-hydroxylation sites is 1. The summed E-state index contributed by atoms with van der Waals surface area (Å²) >= 11 is 0. The predicted molar refractivity (Wildman–Crippen MR) is 57.7 cm³/mol. The Morgan fingerprint density at radius 3 is 2.67 bits per heavy atom. The van der Waals surface area contributed by atoms with Crippen LogP contribution >= 0.6 is 0 Å². The molecule has 4 heteroatoms. The topological polar surface area (TPSA) is 69.6 Å². The second-order valence-electron chi connectivity index (χ2n) is 3.26. The van der Waals surface area contributed by atoms with Gasteiger partial charge in [0.2, 0.25) is 0 Å². The van der Waals surface area contributed by atoms with Crippen molar-refractivity contribution in [1.82, 2.24) is 0 Å². The third-order valence-corrected chi connectivity index (χ3v) is 2.22. The second-order valence-corrected chi connectivity index (χ2v) is 3.26. The van der Waals surface area contributed by atoms with Gasteiger partial charge in [-0.25, -0.2) is 4.79 Å². The van der Waals surface area contributed by atoms with Gasteiger partial charge in [0.05, 0.1) is 6.61 Å². The molecular weight excluding hydrogens is 194 g/mol. The minimum atomic E-state index is -0.884. The third kappa shape index (κ3) is 2.95. The molecule has 1 aromatic carbocycles. The number of carbonyl (C=O) groups is 1. The molecule has 0 heterocycles. The quantitative estimate of drug-likeness (QED) is 0.686. The van der Waals surface area contributed by atoms with Crippen molar-refractivity contribution < 1.29 is 15.0 Å². The van der Waals surface area contributed by atoms with Gasteiger partial charge >= 0.3 is 5.97 Å². The molecule has 82 valence electrons. The molecule has 1 unspecified atom stereocenters. The number of benzene rings is 1. The van der Waals surface area contributed by atoms with E-state index < -0.39 is 12.0 Å². The highest BCUT2D eigenvalue weighted by Crippen LogP contribution is 2.16. The van der Waals surface area contributed by atoms with Crippen LogP contribution in [0.15, 0.2) is 24.3 Å². The fraction of sp³-hybridized carbons (Fsp3) is 0.364. The predicted octanol–water partition coefficient (Wildman–Crippen LogP) is 1.45. The minimum Gasteiger partial charge on any atom is -0.480 e. The van der Waals surface area contributed by atoms with Gasteiger partial charge in [0.25, 0.3) is 0 Å². The molecule has 0 spiro atoms. The van der Waals surface area contributed by atoms with Crippen molar-refractivity contribution in [3.63, 3.8) is 0 Å². The number of hydrogen-bond donors (Lipinski definition) is 3. The van der Waals surface area contributed by atoms with Gasteiger partial charge in [-0.15, -0.1) is 0 Å². The van der Waals surface area contributed by atoms with Gasteiger partial charge in [-0.2, -0.15) is 0 Å². The molecular formula is C11H15NO3. The minimum absolute atomic E-state index is 0.0980. The summed E-state index contributed by atoms with van der Waals surface area (Å²) in [6.07, 6.45) is 0.495. The van der Waals surface area contributed by atoms with Crippen LogP contribution in [-0.2, 0) is 11.4 Å². The first-order valence-electron chi connectivity index (χ1n) is 4.87. The lowest BCUT2D eigenvalue weighted by atomic mass is 10.1. The number of nitrogens with one attached hydrogen (secondary N) is 1. The van der Waals surface area contributed by atoms with Crippen molar-refractivity contribution >= 4 is 11.7 Å². The Morgan fingerprint density at radius 1 is 1.47 bits per heavy atom. The molecule has 0 saturated heterocycles. The third-order valence-electron chi connectivity index (χ3n) is 2.22. The highest BCUT2D eigenvalue weighted by molar-refractivity contribution is 5.77. The molecule has 15 heavy (non-hydrogen) atoms. The summed E-state index contributed by atoms with van der Waals surface area (Å²) < 4.78 is 0. The van der Waals surface area contributed by atoms with Crippen LogP contribution in [0.25, 0.3) is 0 Å². The van der Waals surface area contributed by atoms with Crippen molar-refractivity contribution in [2.24, 2.45) is 0 Å². The molecule has 0 bridgehead atoms. The average molecular weight is 209 g/mol. The van der Waals surface area contributed by atoms with E-state index in [0.717, 1.165) is 0 Å². The zero-order valence-corrected chi connectivity index (χ0v) is 8.60. The summed E-state index contributed by atoms with van der Waals surface area (Å²) in [5.41, 5.74) is 1.38.